The van der Waals surface area contributed by atoms with E-state index in [9.17, 15) is 14.4 Å². The second-order valence-electron chi connectivity index (χ2n) is 5.65. The van der Waals surface area contributed by atoms with Crippen LogP contribution in [-0.2, 0) is 14.3 Å². The Morgan fingerprint density at radius 1 is 1.21 bits per heavy atom. The van der Waals surface area contributed by atoms with Gasteiger partial charge < -0.3 is 24.8 Å². The van der Waals surface area contributed by atoms with Crippen LogP contribution < -0.4 is 20.5 Å². The van der Waals surface area contributed by atoms with E-state index >= 15 is 0 Å². The van der Waals surface area contributed by atoms with E-state index in [2.05, 4.69) is 15.5 Å². The van der Waals surface area contributed by atoms with Crippen LogP contribution in [0, 0.1) is 0 Å². The second kappa shape index (κ2) is 8.46. The second-order valence-corrected chi connectivity index (χ2v) is 6.46. The number of ether oxygens (including phenoxy) is 2. The van der Waals surface area contributed by atoms with Crippen molar-refractivity contribution in [2.45, 2.75) is 0 Å². The van der Waals surface area contributed by atoms with Crippen molar-refractivity contribution >= 4 is 46.5 Å². The largest absolute Gasteiger partial charge is 0.474 e. The van der Waals surface area contributed by atoms with Crippen molar-refractivity contribution in [3.05, 3.63) is 38.6 Å². The molecule has 0 spiro atoms. The average Bonchev–Trinajstić information content (AvgIpc) is 2.66. The topological polar surface area (TPSA) is 134 Å². The smallest absolute Gasteiger partial charge is 0.394 e. The molecule has 3 rings (SSSR count). The van der Waals surface area contributed by atoms with Crippen molar-refractivity contribution in [3.63, 3.8) is 0 Å². The maximum atomic E-state index is 12.1. The lowest BCUT2D eigenvalue weighted by molar-refractivity contribution is -0.147. The molecule has 1 amide bonds. The van der Waals surface area contributed by atoms with Crippen LogP contribution in [0.1, 0.15) is 0 Å². The molecule has 2 aromatic rings. The Hall–Kier alpha value is -2.82. The molecule has 10 nitrogen and oxygen atoms in total. The number of halogens is 2. The zero-order valence-corrected chi connectivity index (χ0v) is 15.7. The standard InChI is InChI=1S/C16H14Cl2N4O6/c17-9-5-8(19-15(24)16(25)26)6-10(18)13(9)28-12-7-11(14(23)21-20-12)22-1-3-27-4-2-22/h5-7H,1-4H2,(H,19,24)(H,21,23)(H,25,26). The number of carbonyl (C=O) groups excluding carboxylic acids is 1. The summed E-state index contributed by atoms with van der Waals surface area (Å²) < 4.78 is 10.9. The Labute approximate surface area is 168 Å². The lowest BCUT2D eigenvalue weighted by Crippen LogP contribution is -2.39. The third-order valence-electron chi connectivity index (χ3n) is 3.77. The third-order valence-corrected chi connectivity index (χ3v) is 4.33. The van der Waals surface area contributed by atoms with E-state index in [1.807, 2.05) is 4.90 Å². The number of morpholine rings is 1. The van der Waals surface area contributed by atoms with Gasteiger partial charge in [-0.05, 0) is 12.1 Å². The minimum absolute atomic E-state index is 0.00844. The zero-order valence-electron chi connectivity index (χ0n) is 14.2. The number of H-pyrrole nitrogens is 1. The number of hydrogen-bond acceptors (Lipinski definition) is 7. The monoisotopic (exact) mass is 428 g/mol. The molecule has 1 aliphatic heterocycles. The average molecular weight is 429 g/mol. The number of aliphatic carboxylic acids is 1. The maximum absolute atomic E-state index is 12.1. The van der Waals surface area contributed by atoms with Crippen LogP contribution in [0.15, 0.2) is 23.0 Å². The molecule has 1 aromatic carbocycles. The van der Waals surface area contributed by atoms with Crippen LogP contribution in [0.3, 0.4) is 0 Å². The Morgan fingerprint density at radius 3 is 2.46 bits per heavy atom. The first-order chi connectivity index (χ1) is 13.3. The third kappa shape index (κ3) is 4.53. The van der Waals surface area contributed by atoms with E-state index in [-0.39, 0.29) is 32.9 Å². The van der Waals surface area contributed by atoms with Crippen molar-refractivity contribution in [1.82, 2.24) is 10.2 Å². The lowest BCUT2D eigenvalue weighted by Gasteiger charge is -2.27. The van der Waals surface area contributed by atoms with E-state index in [4.69, 9.17) is 37.8 Å². The predicted molar refractivity (Wildman–Crippen MR) is 101 cm³/mol. The van der Waals surface area contributed by atoms with Crippen molar-refractivity contribution in [2.24, 2.45) is 0 Å². The summed E-state index contributed by atoms with van der Waals surface area (Å²) in [6, 6.07) is 4.01. The van der Waals surface area contributed by atoms with Gasteiger partial charge in [-0.1, -0.05) is 23.2 Å². The Bertz CT molecular complexity index is 951. The predicted octanol–water partition coefficient (Wildman–Crippen LogP) is 1.73. The van der Waals surface area contributed by atoms with Gasteiger partial charge in [0.25, 0.3) is 5.56 Å². The minimum Gasteiger partial charge on any atom is -0.474 e. The molecule has 0 saturated carbocycles. The van der Waals surface area contributed by atoms with Crippen LogP contribution in [0.2, 0.25) is 10.0 Å². The van der Waals surface area contributed by atoms with E-state index in [1.165, 1.54) is 18.2 Å². The van der Waals surface area contributed by atoms with Gasteiger partial charge in [0, 0.05) is 24.8 Å². The van der Waals surface area contributed by atoms with Gasteiger partial charge in [-0.25, -0.2) is 9.89 Å². The van der Waals surface area contributed by atoms with E-state index in [0.29, 0.717) is 32.0 Å². The summed E-state index contributed by atoms with van der Waals surface area (Å²) in [4.78, 5) is 35.8. The quantitative estimate of drug-likeness (QED) is 0.626. The van der Waals surface area contributed by atoms with Gasteiger partial charge >= 0.3 is 11.9 Å². The number of aromatic amines is 1. The fourth-order valence-corrected chi connectivity index (χ4v) is 3.05. The molecule has 0 unspecified atom stereocenters. The summed E-state index contributed by atoms with van der Waals surface area (Å²) in [5.74, 6) is -2.81. The van der Waals surface area contributed by atoms with Crippen LogP contribution >= 0.6 is 23.2 Å². The van der Waals surface area contributed by atoms with Crippen LogP contribution in [0.25, 0.3) is 0 Å². The van der Waals surface area contributed by atoms with Gasteiger partial charge in [0.05, 0.1) is 23.3 Å². The highest BCUT2D eigenvalue weighted by molar-refractivity contribution is 6.39. The Morgan fingerprint density at radius 2 is 1.86 bits per heavy atom. The highest BCUT2D eigenvalue weighted by Crippen LogP contribution is 2.38. The number of carboxylic acid groups (broad SMARTS) is 1. The fraction of sp³-hybridized carbons (Fsp3) is 0.250. The van der Waals surface area contributed by atoms with Crippen molar-refractivity contribution < 1.29 is 24.2 Å². The van der Waals surface area contributed by atoms with Crippen molar-refractivity contribution in [1.29, 1.82) is 0 Å². The summed E-state index contributed by atoms with van der Waals surface area (Å²) in [6.45, 7) is 2.09. The van der Waals surface area contributed by atoms with Gasteiger partial charge in [-0.3, -0.25) is 9.59 Å². The molecule has 1 fully saturated rings. The van der Waals surface area contributed by atoms with E-state index < -0.39 is 11.9 Å². The first kappa shape index (κ1) is 19.9. The molecule has 148 valence electrons. The van der Waals surface area contributed by atoms with E-state index in [0.717, 1.165) is 0 Å². The number of carboxylic acids is 1. The number of carbonyl (C=O) groups is 2. The van der Waals surface area contributed by atoms with Crippen LogP contribution in [0.5, 0.6) is 11.6 Å². The SMILES string of the molecule is O=C(O)C(=O)Nc1cc(Cl)c(Oc2cc(N3CCOCC3)c(=O)[nH]n2)c(Cl)c1. The van der Waals surface area contributed by atoms with Gasteiger partial charge in [-0.2, -0.15) is 0 Å². The molecular formula is C16H14Cl2N4O6. The molecule has 0 bridgehead atoms. The van der Waals surface area contributed by atoms with Gasteiger partial charge in [0.1, 0.15) is 5.69 Å². The highest BCUT2D eigenvalue weighted by Gasteiger charge is 2.19. The number of nitrogens with one attached hydrogen (secondary N) is 2. The number of benzene rings is 1. The zero-order chi connectivity index (χ0) is 20.3. The molecule has 2 heterocycles. The molecule has 1 saturated heterocycles. The van der Waals surface area contributed by atoms with E-state index in [1.54, 1.807) is 0 Å². The normalized spacial score (nSPS) is 13.9. The van der Waals surface area contributed by atoms with Gasteiger partial charge in [0.2, 0.25) is 5.88 Å². The number of anilines is 2. The summed E-state index contributed by atoms with van der Waals surface area (Å²) in [6.07, 6.45) is 0. The Balaban J connectivity index is 1.84. The Kier molecular flexibility index (Phi) is 6.02. The number of aromatic nitrogens is 2. The molecule has 28 heavy (non-hydrogen) atoms. The number of amides is 1. The molecule has 0 atom stereocenters. The number of nitrogens with zero attached hydrogens (tertiary/aromatic N) is 2. The molecule has 0 aliphatic carbocycles. The summed E-state index contributed by atoms with van der Waals surface area (Å²) >= 11 is 12.3. The molecule has 3 N–H and O–H groups in total. The van der Waals surface area contributed by atoms with Crippen LogP contribution in [0.4, 0.5) is 11.4 Å². The molecule has 0 radical (unpaired) electrons. The highest BCUT2D eigenvalue weighted by atomic mass is 35.5. The lowest BCUT2D eigenvalue weighted by atomic mass is 10.3. The summed E-state index contributed by atoms with van der Waals surface area (Å²) in [7, 11) is 0. The maximum Gasteiger partial charge on any atom is 0.394 e. The minimum atomic E-state index is -1.65. The first-order valence-electron chi connectivity index (χ1n) is 7.98. The molecule has 1 aromatic heterocycles. The van der Waals surface area contributed by atoms with Gasteiger partial charge in [-0.15, -0.1) is 5.10 Å². The number of hydrogen-bond donors (Lipinski definition) is 3. The van der Waals surface area contributed by atoms with Gasteiger partial charge in [0.15, 0.2) is 5.75 Å². The van der Waals surface area contributed by atoms with Crippen molar-refractivity contribution in [2.75, 3.05) is 36.5 Å². The molecule has 12 heteroatoms. The van der Waals surface area contributed by atoms with Crippen molar-refractivity contribution in [3.8, 4) is 11.6 Å². The van der Waals surface area contributed by atoms with Crippen LogP contribution in [-0.4, -0.2) is 53.5 Å². The summed E-state index contributed by atoms with van der Waals surface area (Å²) in [5, 5.41) is 17.0. The fourth-order valence-electron chi connectivity index (χ4n) is 2.49. The first-order valence-corrected chi connectivity index (χ1v) is 8.74. The number of rotatable bonds is 4. The molecular weight excluding hydrogens is 415 g/mol. The molecule has 1 aliphatic rings. The summed E-state index contributed by atoms with van der Waals surface area (Å²) in [5.41, 5.74) is 0.0715.